The predicted octanol–water partition coefficient (Wildman–Crippen LogP) is 2.91. The molecule has 0 aliphatic carbocycles. The van der Waals surface area contributed by atoms with Crippen LogP contribution in [0.15, 0.2) is 0 Å². The van der Waals surface area contributed by atoms with Crippen LogP contribution in [0.4, 0.5) is 0 Å². The van der Waals surface area contributed by atoms with Gasteiger partial charge in [-0.25, -0.2) is 0 Å². The van der Waals surface area contributed by atoms with Crippen LogP contribution < -0.4 is 0 Å². The number of alkyl halides is 1. The second kappa shape index (κ2) is 7.64. The molecular weight excluding hydrogens is 254 g/mol. The van der Waals surface area contributed by atoms with E-state index in [1.165, 1.54) is 25.8 Å². The second-order valence-corrected chi connectivity index (χ2v) is 5.46. The van der Waals surface area contributed by atoms with Gasteiger partial charge >= 0.3 is 0 Å². The van der Waals surface area contributed by atoms with Gasteiger partial charge in [0.2, 0.25) is 0 Å². The highest BCUT2D eigenvalue weighted by atomic mass is 79.9. The molecule has 0 aromatic heterocycles. The van der Waals surface area contributed by atoms with E-state index >= 15 is 0 Å². The Balaban J connectivity index is 2.12. The standard InChI is InChI=1S/C12H24BrNO/c1-11(2)10-15-8-7-14-6-4-3-5-12(14)9-13/h11-12H,3-10H2,1-2H3. The van der Waals surface area contributed by atoms with Crippen LogP contribution in [-0.2, 0) is 4.74 Å². The van der Waals surface area contributed by atoms with E-state index in [1.54, 1.807) is 0 Å². The summed E-state index contributed by atoms with van der Waals surface area (Å²) in [6.07, 6.45) is 4.09. The molecule has 0 N–H and O–H groups in total. The van der Waals surface area contributed by atoms with E-state index in [2.05, 4.69) is 34.7 Å². The summed E-state index contributed by atoms with van der Waals surface area (Å²) in [4.78, 5) is 2.57. The van der Waals surface area contributed by atoms with Crippen LogP contribution in [0.3, 0.4) is 0 Å². The number of hydrogen-bond donors (Lipinski definition) is 0. The summed E-state index contributed by atoms with van der Waals surface area (Å²) in [6, 6.07) is 0.737. The highest BCUT2D eigenvalue weighted by molar-refractivity contribution is 9.09. The van der Waals surface area contributed by atoms with Crippen molar-refractivity contribution < 1.29 is 4.74 Å². The molecule has 1 atom stereocenters. The Hall–Kier alpha value is 0.400. The minimum absolute atomic E-state index is 0.651. The summed E-state index contributed by atoms with van der Waals surface area (Å²) in [5.41, 5.74) is 0. The van der Waals surface area contributed by atoms with Crippen LogP contribution >= 0.6 is 15.9 Å². The topological polar surface area (TPSA) is 12.5 Å². The number of likely N-dealkylation sites (tertiary alicyclic amines) is 1. The molecule has 0 aromatic rings. The molecule has 90 valence electrons. The highest BCUT2D eigenvalue weighted by Gasteiger charge is 2.20. The van der Waals surface area contributed by atoms with E-state index in [9.17, 15) is 0 Å². The van der Waals surface area contributed by atoms with Gasteiger partial charge in [-0.15, -0.1) is 0 Å². The van der Waals surface area contributed by atoms with Crippen LogP contribution in [-0.4, -0.2) is 42.6 Å². The van der Waals surface area contributed by atoms with Crippen molar-refractivity contribution in [2.75, 3.05) is 31.6 Å². The number of nitrogens with zero attached hydrogens (tertiary/aromatic N) is 1. The molecule has 1 rings (SSSR count). The van der Waals surface area contributed by atoms with Crippen molar-refractivity contribution in [2.24, 2.45) is 5.92 Å². The third-order valence-corrected chi connectivity index (χ3v) is 3.65. The zero-order chi connectivity index (χ0) is 11.1. The van der Waals surface area contributed by atoms with Gasteiger partial charge in [-0.3, -0.25) is 4.90 Å². The molecular formula is C12H24BrNO. The lowest BCUT2D eigenvalue weighted by Crippen LogP contribution is -2.42. The first-order chi connectivity index (χ1) is 7.24. The average Bonchev–Trinajstić information content (AvgIpc) is 2.24. The first-order valence-electron chi connectivity index (χ1n) is 6.11. The first-order valence-corrected chi connectivity index (χ1v) is 7.24. The number of ether oxygens (including phenoxy) is 1. The third-order valence-electron chi connectivity index (χ3n) is 2.90. The lowest BCUT2D eigenvalue weighted by atomic mass is 10.0. The number of hydrogen-bond acceptors (Lipinski definition) is 2. The van der Waals surface area contributed by atoms with Crippen LogP contribution in [0.5, 0.6) is 0 Å². The van der Waals surface area contributed by atoms with Crippen LogP contribution in [0.1, 0.15) is 33.1 Å². The highest BCUT2D eigenvalue weighted by Crippen LogP contribution is 2.18. The number of rotatable bonds is 6. The largest absolute Gasteiger partial charge is 0.380 e. The summed E-state index contributed by atoms with van der Waals surface area (Å²) < 4.78 is 5.63. The molecule has 2 nitrogen and oxygen atoms in total. The maximum Gasteiger partial charge on any atom is 0.0593 e. The van der Waals surface area contributed by atoms with Crippen molar-refractivity contribution in [3.8, 4) is 0 Å². The normalized spacial score (nSPS) is 23.6. The molecule has 15 heavy (non-hydrogen) atoms. The van der Waals surface area contributed by atoms with Gasteiger partial charge in [0.1, 0.15) is 0 Å². The molecule has 1 saturated heterocycles. The van der Waals surface area contributed by atoms with E-state index in [4.69, 9.17) is 4.74 Å². The molecule has 0 saturated carbocycles. The van der Waals surface area contributed by atoms with Gasteiger partial charge in [-0.1, -0.05) is 36.2 Å². The molecule has 0 aromatic carbocycles. The fraction of sp³-hybridized carbons (Fsp3) is 1.00. The minimum Gasteiger partial charge on any atom is -0.380 e. The Labute approximate surface area is 102 Å². The van der Waals surface area contributed by atoms with Gasteiger partial charge in [0.15, 0.2) is 0 Å². The summed E-state index contributed by atoms with van der Waals surface area (Å²) in [7, 11) is 0. The summed E-state index contributed by atoms with van der Waals surface area (Å²) >= 11 is 3.60. The van der Waals surface area contributed by atoms with Crippen molar-refractivity contribution in [1.82, 2.24) is 4.90 Å². The first kappa shape index (κ1) is 13.5. The van der Waals surface area contributed by atoms with Crippen LogP contribution in [0.2, 0.25) is 0 Å². The average molecular weight is 278 g/mol. The van der Waals surface area contributed by atoms with E-state index in [0.717, 1.165) is 31.1 Å². The zero-order valence-corrected chi connectivity index (χ0v) is 11.6. The van der Waals surface area contributed by atoms with Gasteiger partial charge in [0.05, 0.1) is 6.61 Å². The van der Waals surface area contributed by atoms with E-state index < -0.39 is 0 Å². The van der Waals surface area contributed by atoms with Gasteiger partial charge in [-0.2, -0.15) is 0 Å². The SMILES string of the molecule is CC(C)COCCN1CCCCC1CBr. The van der Waals surface area contributed by atoms with E-state index in [1.807, 2.05) is 0 Å². The Morgan fingerprint density at radius 2 is 2.20 bits per heavy atom. The monoisotopic (exact) mass is 277 g/mol. The van der Waals surface area contributed by atoms with Crippen LogP contribution in [0.25, 0.3) is 0 Å². The Morgan fingerprint density at radius 1 is 1.40 bits per heavy atom. The van der Waals surface area contributed by atoms with Crippen molar-refractivity contribution in [3.63, 3.8) is 0 Å². The molecule has 1 unspecified atom stereocenters. The van der Waals surface area contributed by atoms with Gasteiger partial charge in [0, 0.05) is 24.5 Å². The van der Waals surface area contributed by atoms with Crippen molar-refractivity contribution in [2.45, 2.75) is 39.2 Å². The Morgan fingerprint density at radius 3 is 2.87 bits per heavy atom. The predicted molar refractivity (Wildman–Crippen MR) is 68.7 cm³/mol. The van der Waals surface area contributed by atoms with Gasteiger partial charge in [0.25, 0.3) is 0 Å². The molecule has 1 heterocycles. The van der Waals surface area contributed by atoms with Gasteiger partial charge in [-0.05, 0) is 25.3 Å². The Bertz CT molecular complexity index is 164. The molecule has 3 heteroatoms. The van der Waals surface area contributed by atoms with Crippen molar-refractivity contribution in [1.29, 1.82) is 0 Å². The van der Waals surface area contributed by atoms with E-state index in [0.29, 0.717) is 5.92 Å². The van der Waals surface area contributed by atoms with Gasteiger partial charge < -0.3 is 4.74 Å². The summed E-state index contributed by atoms with van der Waals surface area (Å²) in [5, 5.41) is 1.11. The number of piperidine rings is 1. The lowest BCUT2D eigenvalue weighted by Gasteiger charge is -2.34. The molecule has 1 fully saturated rings. The van der Waals surface area contributed by atoms with Crippen LogP contribution in [0, 0.1) is 5.92 Å². The molecule has 0 bridgehead atoms. The van der Waals surface area contributed by atoms with Crippen molar-refractivity contribution in [3.05, 3.63) is 0 Å². The maximum atomic E-state index is 5.63. The van der Waals surface area contributed by atoms with Crippen molar-refractivity contribution >= 4 is 15.9 Å². The molecule has 1 aliphatic rings. The summed E-state index contributed by atoms with van der Waals surface area (Å²) in [5.74, 6) is 0.651. The molecule has 0 radical (unpaired) electrons. The molecule has 0 spiro atoms. The smallest absolute Gasteiger partial charge is 0.0593 e. The molecule has 1 aliphatic heterocycles. The minimum atomic E-state index is 0.651. The summed E-state index contributed by atoms with van der Waals surface area (Å²) in [6.45, 7) is 8.53. The fourth-order valence-electron chi connectivity index (χ4n) is 2.03. The lowest BCUT2D eigenvalue weighted by molar-refractivity contribution is 0.0653. The molecule has 0 amide bonds. The van der Waals surface area contributed by atoms with E-state index in [-0.39, 0.29) is 0 Å². The maximum absolute atomic E-state index is 5.63. The fourth-order valence-corrected chi connectivity index (χ4v) is 2.76. The quantitative estimate of drug-likeness (QED) is 0.547. The third kappa shape index (κ3) is 5.32. The number of halogens is 1. The zero-order valence-electron chi connectivity index (χ0n) is 10.0. The second-order valence-electron chi connectivity index (χ2n) is 4.81. The Kier molecular flexibility index (Phi) is 6.86.